The Labute approximate surface area is 108 Å². The van der Waals surface area contributed by atoms with Gasteiger partial charge in [0, 0.05) is 11.6 Å². The summed E-state index contributed by atoms with van der Waals surface area (Å²) in [6.45, 7) is 4.38. The fraction of sp³-hybridized carbons (Fsp3) is 0.636. The van der Waals surface area contributed by atoms with Gasteiger partial charge in [0.05, 0.1) is 6.61 Å². The van der Waals surface area contributed by atoms with Crippen LogP contribution in [0.4, 0.5) is 0 Å². The minimum atomic E-state index is 0. The van der Waals surface area contributed by atoms with Crippen molar-refractivity contribution in [3.05, 3.63) is 17.5 Å². The van der Waals surface area contributed by atoms with Crippen molar-refractivity contribution in [1.82, 2.24) is 4.90 Å². The van der Waals surface area contributed by atoms with Crippen molar-refractivity contribution in [2.45, 2.75) is 19.3 Å². The average molecular weight is 217 g/mol. The molecule has 0 amide bonds. The second kappa shape index (κ2) is 7.35. The maximum absolute atomic E-state index is 5.59. The first-order valence-electron chi connectivity index (χ1n) is 5.26. The molecule has 15 heavy (non-hydrogen) atoms. The van der Waals surface area contributed by atoms with E-state index in [2.05, 4.69) is 10.3 Å². The summed E-state index contributed by atoms with van der Waals surface area (Å²) < 4.78 is 5.59. The third-order valence-electron chi connectivity index (χ3n) is 2.55. The molecule has 2 rings (SSSR count). The van der Waals surface area contributed by atoms with Crippen molar-refractivity contribution in [2.24, 2.45) is 0 Å². The van der Waals surface area contributed by atoms with Gasteiger partial charge in [0.15, 0.2) is 0 Å². The minimum absolute atomic E-state index is 0. The number of likely N-dealkylation sites (tertiary alicyclic amines) is 1. The van der Waals surface area contributed by atoms with E-state index in [1.807, 2.05) is 12.1 Å². The molecule has 0 N–H and O–H groups in total. The Balaban J connectivity index is 0.00000112. The molecule has 0 aromatic carbocycles. The van der Waals surface area contributed by atoms with Crippen LogP contribution in [0.3, 0.4) is 0 Å². The Morgan fingerprint density at radius 1 is 1.33 bits per heavy atom. The van der Waals surface area contributed by atoms with E-state index in [-0.39, 0.29) is 18.9 Å². The molecule has 0 bridgehead atoms. The summed E-state index contributed by atoms with van der Waals surface area (Å²) in [6.07, 6.45) is 4.11. The zero-order chi connectivity index (χ0) is 9.64. The zero-order valence-electron chi connectivity index (χ0n) is 9.37. The molecule has 0 atom stereocenters. The van der Waals surface area contributed by atoms with E-state index in [1.54, 1.807) is 11.3 Å². The average Bonchev–Trinajstić information content (AvgIpc) is 2.72. The predicted octanol–water partition coefficient (Wildman–Crippen LogP) is -0.583. The Kier molecular flexibility index (Phi) is 6.43. The molecule has 2 heterocycles. The fourth-order valence-corrected chi connectivity index (χ4v) is 2.29. The molecule has 1 aromatic rings. The minimum Gasteiger partial charge on any atom is -0.551 e. The number of ether oxygens (including phenoxy) is 1. The normalized spacial score (nSPS) is 17.1. The standard InChI is InChI=1S/C11H16NOS.Li/c1-2-6-12(7-3-1)8-9-13-11-5-4-10-14-11;/h4-5H,1-3,6-9H2;/q-1;+1. The van der Waals surface area contributed by atoms with E-state index in [4.69, 9.17) is 4.74 Å². The molecule has 0 saturated carbocycles. The molecule has 78 valence electrons. The molecule has 1 aromatic heterocycles. The molecule has 0 spiro atoms. The van der Waals surface area contributed by atoms with Gasteiger partial charge >= 0.3 is 18.9 Å². The van der Waals surface area contributed by atoms with Crippen LogP contribution in [0.5, 0.6) is 5.06 Å². The second-order valence-electron chi connectivity index (χ2n) is 3.62. The van der Waals surface area contributed by atoms with Crippen molar-refractivity contribution in [2.75, 3.05) is 26.2 Å². The van der Waals surface area contributed by atoms with E-state index in [0.717, 1.165) is 18.2 Å². The van der Waals surface area contributed by atoms with Crippen LogP contribution in [0.15, 0.2) is 12.1 Å². The van der Waals surface area contributed by atoms with Gasteiger partial charge in [-0.25, -0.2) is 0 Å². The van der Waals surface area contributed by atoms with Crippen LogP contribution < -0.4 is 23.6 Å². The maximum atomic E-state index is 5.59. The molecule has 0 aliphatic carbocycles. The van der Waals surface area contributed by atoms with Crippen molar-refractivity contribution >= 4 is 11.3 Å². The van der Waals surface area contributed by atoms with Crippen LogP contribution in [0.1, 0.15) is 19.3 Å². The van der Waals surface area contributed by atoms with E-state index in [9.17, 15) is 0 Å². The topological polar surface area (TPSA) is 12.5 Å². The van der Waals surface area contributed by atoms with E-state index in [0.29, 0.717) is 0 Å². The number of hydrogen-bond donors (Lipinski definition) is 0. The van der Waals surface area contributed by atoms with Crippen LogP contribution >= 0.6 is 11.3 Å². The number of hydrogen-bond acceptors (Lipinski definition) is 3. The Morgan fingerprint density at radius 3 is 2.80 bits per heavy atom. The zero-order valence-corrected chi connectivity index (χ0v) is 10.2. The molecule has 1 aliphatic rings. The van der Waals surface area contributed by atoms with E-state index < -0.39 is 0 Å². The summed E-state index contributed by atoms with van der Waals surface area (Å²) in [5, 5.41) is 4.01. The second-order valence-corrected chi connectivity index (χ2v) is 4.47. The van der Waals surface area contributed by atoms with E-state index >= 15 is 0 Å². The van der Waals surface area contributed by atoms with Gasteiger partial charge in [-0.05, 0) is 25.9 Å². The van der Waals surface area contributed by atoms with Crippen LogP contribution in [0, 0.1) is 5.38 Å². The van der Waals surface area contributed by atoms with Crippen LogP contribution in [-0.4, -0.2) is 31.1 Å². The SMILES string of the molecule is [Li+].[c-]1ccc(OCCN2CCCCC2)s1. The molecular weight excluding hydrogens is 201 g/mol. The summed E-state index contributed by atoms with van der Waals surface area (Å²) in [7, 11) is 0. The van der Waals surface area contributed by atoms with Gasteiger partial charge in [-0.2, -0.15) is 12.1 Å². The summed E-state index contributed by atoms with van der Waals surface area (Å²) in [4.78, 5) is 2.49. The molecule has 1 aliphatic heterocycles. The third kappa shape index (κ3) is 4.61. The van der Waals surface area contributed by atoms with Crippen molar-refractivity contribution in [1.29, 1.82) is 0 Å². The first-order chi connectivity index (χ1) is 6.95. The first-order valence-corrected chi connectivity index (χ1v) is 6.08. The number of nitrogens with zero attached hydrogens (tertiary/aromatic N) is 1. The van der Waals surface area contributed by atoms with Crippen molar-refractivity contribution in [3.8, 4) is 5.06 Å². The maximum Gasteiger partial charge on any atom is 1.00 e. The van der Waals surface area contributed by atoms with Gasteiger partial charge in [-0.15, -0.1) is 5.38 Å². The quantitative estimate of drug-likeness (QED) is 0.494. The molecule has 0 radical (unpaired) electrons. The molecule has 1 saturated heterocycles. The smallest absolute Gasteiger partial charge is 0.551 e. The van der Waals surface area contributed by atoms with Crippen LogP contribution in [0.2, 0.25) is 0 Å². The van der Waals surface area contributed by atoms with Gasteiger partial charge in [-0.1, -0.05) is 6.42 Å². The molecule has 0 unspecified atom stereocenters. The monoisotopic (exact) mass is 217 g/mol. The predicted molar refractivity (Wildman–Crippen MR) is 58.9 cm³/mol. The summed E-state index contributed by atoms with van der Waals surface area (Å²) in [6, 6.07) is 3.88. The molecular formula is C11H16LiNOS. The van der Waals surface area contributed by atoms with Gasteiger partial charge in [-0.3, -0.25) is 11.3 Å². The van der Waals surface area contributed by atoms with E-state index in [1.165, 1.54) is 32.4 Å². The molecule has 1 fully saturated rings. The van der Waals surface area contributed by atoms with Crippen molar-refractivity contribution in [3.63, 3.8) is 0 Å². The van der Waals surface area contributed by atoms with Gasteiger partial charge < -0.3 is 9.64 Å². The molecule has 4 heteroatoms. The Hall–Kier alpha value is 0.0574. The fourth-order valence-electron chi connectivity index (χ4n) is 1.76. The van der Waals surface area contributed by atoms with Gasteiger partial charge in [0.25, 0.3) is 0 Å². The summed E-state index contributed by atoms with van der Waals surface area (Å²) in [5.41, 5.74) is 0. The number of rotatable bonds is 4. The summed E-state index contributed by atoms with van der Waals surface area (Å²) in [5.74, 6) is 0. The largest absolute Gasteiger partial charge is 1.00 e. The number of thiophene rings is 1. The third-order valence-corrected chi connectivity index (χ3v) is 3.26. The van der Waals surface area contributed by atoms with Gasteiger partial charge in [0.1, 0.15) is 0 Å². The van der Waals surface area contributed by atoms with Gasteiger partial charge in [0.2, 0.25) is 0 Å². The van der Waals surface area contributed by atoms with Crippen LogP contribution in [-0.2, 0) is 0 Å². The number of piperidine rings is 1. The van der Waals surface area contributed by atoms with Crippen molar-refractivity contribution < 1.29 is 23.6 Å². The molecule has 2 nitrogen and oxygen atoms in total. The first kappa shape index (κ1) is 13.1. The Bertz CT molecular complexity index is 247. The summed E-state index contributed by atoms with van der Waals surface area (Å²) >= 11 is 1.54. The Morgan fingerprint density at radius 2 is 2.13 bits per heavy atom. The van der Waals surface area contributed by atoms with Crippen LogP contribution in [0.25, 0.3) is 0 Å².